The number of aromatic nitrogens is 1. The first-order valence-electron chi connectivity index (χ1n) is 5.17. The highest BCUT2D eigenvalue weighted by Gasteiger charge is 2.11. The van der Waals surface area contributed by atoms with Crippen LogP contribution in [0.3, 0.4) is 0 Å². The number of benzene rings is 1. The third-order valence-corrected chi connectivity index (χ3v) is 4.04. The van der Waals surface area contributed by atoms with Crippen LogP contribution in [0.4, 0.5) is 5.13 Å². The van der Waals surface area contributed by atoms with Crippen LogP contribution < -0.4 is 5.32 Å². The van der Waals surface area contributed by atoms with E-state index in [1.807, 2.05) is 13.8 Å². The molecule has 0 bridgehead atoms. The van der Waals surface area contributed by atoms with E-state index in [0.717, 1.165) is 15.0 Å². The van der Waals surface area contributed by atoms with Gasteiger partial charge in [0.2, 0.25) is 0 Å². The summed E-state index contributed by atoms with van der Waals surface area (Å²) in [6.45, 7) is 3.89. The smallest absolute Gasteiger partial charge is 0.257 e. The normalized spacial score (nSPS) is 10.4. The average molecular weight is 346 g/mol. The molecule has 1 N–H and O–H groups in total. The van der Waals surface area contributed by atoms with Crippen molar-refractivity contribution in [2.75, 3.05) is 5.32 Å². The fourth-order valence-corrected chi connectivity index (χ4v) is 3.05. The minimum absolute atomic E-state index is 0.216. The summed E-state index contributed by atoms with van der Waals surface area (Å²) in [5.74, 6) is -0.216. The predicted molar refractivity (Wildman–Crippen MR) is 78.7 cm³/mol. The second-order valence-corrected chi connectivity index (χ2v) is 6.33. The van der Waals surface area contributed by atoms with Crippen LogP contribution in [0.15, 0.2) is 22.7 Å². The second kappa shape index (κ2) is 5.38. The lowest BCUT2D eigenvalue weighted by Crippen LogP contribution is -2.11. The maximum Gasteiger partial charge on any atom is 0.257 e. The van der Waals surface area contributed by atoms with Crippen LogP contribution in [-0.4, -0.2) is 10.9 Å². The maximum absolute atomic E-state index is 12.0. The van der Waals surface area contributed by atoms with Crippen molar-refractivity contribution in [3.63, 3.8) is 0 Å². The van der Waals surface area contributed by atoms with E-state index in [0.29, 0.717) is 15.7 Å². The van der Waals surface area contributed by atoms with Gasteiger partial charge in [-0.1, -0.05) is 27.5 Å². The molecule has 0 fully saturated rings. The number of nitrogens with one attached hydrogen (secondary N) is 1. The topological polar surface area (TPSA) is 42.0 Å². The third-order valence-electron chi connectivity index (χ3n) is 2.37. The van der Waals surface area contributed by atoms with E-state index in [-0.39, 0.29) is 5.91 Å². The Hall–Kier alpha value is -0.910. The van der Waals surface area contributed by atoms with E-state index in [9.17, 15) is 4.79 Å². The van der Waals surface area contributed by atoms with Gasteiger partial charge in [0.1, 0.15) is 0 Å². The summed E-state index contributed by atoms with van der Waals surface area (Å²) in [6.07, 6.45) is 0. The number of nitrogens with zero attached hydrogens (tertiary/aromatic N) is 1. The molecule has 0 saturated heterocycles. The quantitative estimate of drug-likeness (QED) is 0.875. The summed E-state index contributed by atoms with van der Waals surface area (Å²) in [4.78, 5) is 17.4. The molecule has 0 saturated carbocycles. The van der Waals surface area contributed by atoms with Crippen LogP contribution in [0.1, 0.15) is 20.9 Å². The molecule has 0 atom stereocenters. The predicted octanol–water partition coefficient (Wildman–Crippen LogP) is 4.43. The number of carbonyl (C=O) groups is 1. The van der Waals surface area contributed by atoms with Gasteiger partial charge in [-0.2, -0.15) is 0 Å². The minimum Gasteiger partial charge on any atom is -0.298 e. The molecule has 1 amide bonds. The second-order valence-electron chi connectivity index (χ2n) is 3.77. The third kappa shape index (κ3) is 3.10. The van der Waals surface area contributed by atoms with Gasteiger partial charge in [-0.15, -0.1) is 11.3 Å². The van der Waals surface area contributed by atoms with E-state index in [2.05, 4.69) is 26.2 Å². The van der Waals surface area contributed by atoms with Gasteiger partial charge in [0.05, 0.1) is 5.69 Å². The van der Waals surface area contributed by atoms with Gasteiger partial charge in [0.15, 0.2) is 5.13 Å². The molecule has 1 heterocycles. The first-order valence-corrected chi connectivity index (χ1v) is 7.16. The van der Waals surface area contributed by atoms with Gasteiger partial charge in [0, 0.05) is 19.9 Å². The molecule has 18 heavy (non-hydrogen) atoms. The van der Waals surface area contributed by atoms with Crippen LogP contribution >= 0.6 is 38.9 Å². The van der Waals surface area contributed by atoms with Crippen molar-refractivity contribution in [1.82, 2.24) is 4.98 Å². The molecule has 0 unspecified atom stereocenters. The van der Waals surface area contributed by atoms with E-state index in [1.165, 1.54) is 11.3 Å². The average Bonchev–Trinajstić information content (AvgIpc) is 2.56. The zero-order valence-corrected chi connectivity index (χ0v) is 12.9. The summed E-state index contributed by atoms with van der Waals surface area (Å²) in [5, 5.41) is 3.88. The number of rotatable bonds is 2. The van der Waals surface area contributed by atoms with Crippen molar-refractivity contribution in [1.29, 1.82) is 0 Å². The van der Waals surface area contributed by atoms with Crippen LogP contribution in [0, 0.1) is 13.8 Å². The SMILES string of the molecule is Cc1nc(NC(=O)c2cc(Cl)cc(Br)c2)sc1C. The van der Waals surface area contributed by atoms with Crippen molar-refractivity contribution in [3.8, 4) is 0 Å². The molecule has 2 aromatic rings. The Morgan fingerprint density at radius 1 is 1.39 bits per heavy atom. The minimum atomic E-state index is -0.216. The molecule has 0 aliphatic heterocycles. The summed E-state index contributed by atoms with van der Waals surface area (Å²) in [5.41, 5.74) is 1.43. The van der Waals surface area contributed by atoms with Crippen LogP contribution in [-0.2, 0) is 0 Å². The number of amides is 1. The maximum atomic E-state index is 12.0. The molecule has 0 aliphatic rings. The number of aryl methyl sites for hydroxylation is 2. The molecule has 6 heteroatoms. The zero-order chi connectivity index (χ0) is 13.3. The van der Waals surface area contributed by atoms with Crippen molar-refractivity contribution < 1.29 is 4.79 Å². The molecular weight excluding hydrogens is 336 g/mol. The Labute approximate surface area is 122 Å². The standard InChI is InChI=1S/C12H10BrClN2OS/c1-6-7(2)18-12(15-6)16-11(17)8-3-9(13)5-10(14)4-8/h3-5H,1-2H3,(H,15,16,17). The van der Waals surface area contributed by atoms with Crippen LogP contribution in [0.2, 0.25) is 5.02 Å². The van der Waals surface area contributed by atoms with Crippen molar-refractivity contribution in [2.24, 2.45) is 0 Å². The van der Waals surface area contributed by atoms with Gasteiger partial charge in [-0.05, 0) is 32.0 Å². The van der Waals surface area contributed by atoms with Crippen molar-refractivity contribution in [3.05, 3.63) is 43.8 Å². The highest BCUT2D eigenvalue weighted by Crippen LogP contribution is 2.23. The van der Waals surface area contributed by atoms with Gasteiger partial charge in [-0.3, -0.25) is 10.1 Å². The number of thiazole rings is 1. The largest absolute Gasteiger partial charge is 0.298 e. The number of hydrogen-bond acceptors (Lipinski definition) is 3. The fourth-order valence-electron chi connectivity index (χ4n) is 1.38. The molecule has 1 aromatic heterocycles. The van der Waals surface area contributed by atoms with Crippen molar-refractivity contribution >= 4 is 49.9 Å². The summed E-state index contributed by atoms with van der Waals surface area (Å²) < 4.78 is 0.770. The monoisotopic (exact) mass is 344 g/mol. The van der Waals surface area contributed by atoms with E-state index >= 15 is 0 Å². The van der Waals surface area contributed by atoms with E-state index < -0.39 is 0 Å². The fraction of sp³-hybridized carbons (Fsp3) is 0.167. The number of hydrogen-bond donors (Lipinski definition) is 1. The Bertz CT molecular complexity index is 572. The van der Waals surface area contributed by atoms with Gasteiger partial charge < -0.3 is 0 Å². The van der Waals surface area contributed by atoms with Gasteiger partial charge >= 0.3 is 0 Å². The van der Waals surface area contributed by atoms with Crippen LogP contribution in [0.25, 0.3) is 0 Å². The summed E-state index contributed by atoms with van der Waals surface area (Å²) in [7, 11) is 0. The molecule has 1 aromatic carbocycles. The lowest BCUT2D eigenvalue weighted by atomic mass is 10.2. The molecule has 0 aliphatic carbocycles. The van der Waals surface area contributed by atoms with Crippen molar-refractivity contribution in [2.45, 2.75) is 13.8 Å². The molecule has 0 radical (unpaired) electrons. The number of carbonyl (C=O) groups excluding carboxylic acids is 1. The molecule has 94 valence electrons. The first-order chi connectivity index (χ1) is 8.45. The Morgan fingerprint density at radius 3 is 2.67 bits per heavy atom. The summed E-state index contributed by atoms with van der Waals surface area (Å²) >= 11 is 10.7. The number of anilines is 1. The zero-order valence-electron chi connectivity index (χ0n) is 9.75. The lowest BCUT2D eigenvalue weighted by molar-refractivity contribution is 0.102. The van der Waals surface area contributed by atoms with Crippen LogP contribution in [0.5, 0.6) is 0 Å². The Balaban J connectivity index is 2.21. The Kier molecular flexibility index (Phi) is 4.04. The molecular formula is C12H10BrClN2OS. The highest BCUT2D eigenvalue weighted by molar-refractivity contribution is 9.10. The highest BCUT2D eigenvalue weighted by atomic mass is 79.9. The van der Waals surface area contributed by atoms with Gasteiger partial charge in [-0.25, -0.2) is 4.98 Å². The first kappa shape index (κ1) is 13.5. The Morgan fingerprint density at radius 2 is 2.11 bits per heavy atom. The number of halogens is 2. The van der Waals surface area contributed by atoms with E-state index in [1.54, 1.807) is 18.2 Å². The molecule has 3 nitrogen and oxygen atoms in total. The molecule has 0 spiro atoms. The summed E-state index contributed by atoms with van der Waals surface area (Å²) in [6, 6.07) is 5.07. The van der Waals surface area contributed by atoms with Gasteiger partial charge in [0.25, 0.3) is 5.91 Å². The van der Waals surface area contributed by atoms with E-state index in [4.69, 9.17) is 11.6 Å². The lowest BCUT2D eigenvalue weighted by Gasteiger charge is -2.03. The molecule has 2 rings (SSSR count).